The first-order chi connectivity index (χ1) is 14.0. The maximum Gasteiger partial charge on any atom is 0.251 e. The molecule has 3 aliphatic rings. The van der Waals surface area contributed by atoms with Crippen LogP contribution in [0.25, 0.3) is 0 Å². The molecule has 3 saturated heterocycles. The van der Waals surface area contributed by atoms with Gasteiger partial charge in [0.1, 0.15) is 6.10 Å². The Bertz CT molecular complexity index is 765. The van der Waals surface area contributed by atoms with E-state index >= 15 is 0 Å². The third-order valence-corrected chi connectivity index (χ3v) is 6.17. The maximum absolute atomic E-state index is 12.9. The number of ether oxygens (including phenoxy) is 1. The fourth-order valence-corrected chi connectivity index (χ4v) is 4.39. The Morgan fingerprint density at radius 3 is 2.31 bits per heavy atom. The van der Waals surface area contributed by atoms with Crippen LogP contribution in [0.15, 0.2) is 24.3 Å². The minimum atomic E-state index is -0.306. The Labute approximate surface area is 171 Å². The van der Waals surface area contributed by atoms with Gasteiger partial charge in [0.25, 0.3) is 5.91 Å². The van der Waals surface area contributed by atoms with Crippen molar-refractivity contribution in [3.8, 4) is 0 Å². The Hall–Kier alpha value is -2.41. The van der Waals surface area contributed by atoms with Crippen LogP contribution in [0.1, 0.15) is 30.4 Å². The molecule has 1 aromatic rings. The highest BCUT2D eigenvalue weighted by atomic mass is 16.5. The van der Waals surface area contributed by atoms with Gasteiger partial charge < -0.3 is 19.4 Å². The molecule has 2 atom stereocenters. The van der Waals surface area contributed by atoms with Gasteiger partial charge in [-0.3, -0.25) is 14.4 Å². The van der Waals surface area contributed by atoms with Crippen molar-refractivity contribution in [3.05, 3.63) is 35.4 Å². The van der Waals surface area contributed by atoms with E-state index in [-0.39, 0.29) is 36.2 Å². The summed E-state index contributed by atoms with van der Waals surface area (Å²) >= 11 is 0. The summed E-state index contributed by atoms with van der Waals surface area (Å²) in [4.78, 5) is 43.2. The van der Waals surface area contributed by atoms with E-state index in [0.717, 1.165) is 18.4 Å². The van der Waals surface area contributed by atoms with Gasteiger partial charge in [-0.15, -0.1) is 0 Å². The topological polar surface area (TPSA) is 70.2 Å². The van der Waals surface area contributed by atoms with Crippen molar-refractivity contribution in [1.29, 1.82) is 0 Å². The van der Waals surface area contributed by atoms with Gasteiger partial charge in [0.2, 0.25) is 11.8 Å². The second kappa shape index (κ2) is 8.53. The molecule has 3 fully saturated rings. The molecule has 0 spiro atoms. The molecule has 156 valence electrons. The van der Waals surface area contributed by atoms with E-state index in [2.05, 4.69) is 0 Å². The number of amides is 3. The molecular formula is C22H29N3O4. The van der Waals surface area contributed by atoms with Crippen LogP contribution in [0, 0.1) is 12.8 Å². The molecule has 0 N–H and O–H groups in total. The van der Waals surface area contributed by atoms with E-state index < -0.39 is 0 Å². The first-order valence-corrected chi connectivity index (χ1v) is 10.5. The number of carbonyl (C=O) groups excluding carboxylic acids is 3. The summed E-state index contributed by atoms with van der Waals surface area (Å²) in [6.07, 6.45) is 1.70. The number of aryl methyl sites for hydroxylation is 1. The van der Waals surface area contributed by atoms with Gasteiger partial charge in [-0.2, -0.15) is 0 Å². The van der Waals surface area contributed by atoms with E-state index in [0.29, 0.717) is 45.9 Å². The van der Waals surface area contributed by atoms with Crippen LogP contribution in [0.3, 0.4) is 0 Å². The molecule has 0 radical (unpaired) electrons. The highest BCUT2D eigenvalue weighted by Gasteiger charge is 2.38. The zero-order valence-electron chi connectivity index (χ0n) is 17.0. The Morgan fingerprint density at radius 1 is 1.03 bits per heavy atom. The van der Waals surface area contributed by atoms with Crippen molar-refractivity contribution in [2.45, 2.75) is 38.8 Å². The van der Waals surface area contributed by atoms with Crippen molar-refractivity contribution >= 4 is 17.7 Å². The molecular weight excluding hydrogens is 370 g/mol. The van der Waals surface area contributed by atoms with Crippen LogP contribution in [-0.4, -0.2) is 77.9 Å². The number of rotatable bonds is 4. The SMILES string of the molecule is Cc1ccc(CN2C[C@H](C(=O)N3CCN(C(=O)[C@H]4CCCO4)CC3)CC2=O)cc1. The van der Waals surface area contributed by atoms with Gasteiger partial charge in [0.05, 0.1) is 5.92 Å². The maximum atomic E-state index is 12.9. The number of likely N-dealkylation sites (tertiary alicyclic amines) is 1. The summed E-state index contributed by atoms with van der Waals surface area (Å²) < 4.78 is 5.49. The summed E-state index contributed by atoms with van der Waals surface area (Å²) in [5.74, 6) is -0.159. The summed E-state index contributed by atoms with van der Waals surface area (Å²) in [6, 6.07) is 8.13. The van der Waals surface area contributed by atoms with Gasteiger partial charge in [-0.05, 0) is 25.3 Å². The van der Waals surface area contributed by atoms with Gasteiger partial charge in [-0.1, -0.05) is 29.8 Å². The summed E-state index contributed by atoms with van der Waals surface area (Å²) in [5.41, 5.74) is 2.27. The molecule has 0 aromatic heterocycles. The minimum Gasteiger partial charge on any atom is -0.368 e. The Morgan fingerprint density at radius 2 is 1.69 bits per heavy atom. The molecule has 0 saturated carbocycles. The summed E-state index contributed by atoms with van der Waals surface area (Å²) in [6.45, 7) is 5.85. The summed E-state index contributed by atoms with van der Waals surface area (Å²) in [7, 11) is 0. The molecule has 7 heteroatoms. The second-order valence-corrected chi connectivity index (χ2v) is 8.31. The smallest absolute Gasteiger partial charge is 0.251 e. The molecule has 3 heterocycles. The fourth-order valence-electron chi connectivity index (χ4n) is 4.39. The number of hydrogen-bond donors (Lipinski definition) is 0. The van der Waals surface area contributed by atoms with Crippen LogP contribution >= 0.6 is 0 Å². The van der Waals surface area contributed by atoms with E-state index in [9.17, 15) is 14.4 Å². The van der Waals surface area contributed by atoms with Crippen LogP contribution < -0.4 is 0 Å². The lowest BCUT2D eigenvalue weighted by Gasteiger charge is -2.36. The Kier molecular flexibility index (Phi) is 5.85. The molecule has 29 heavy (non-hydrogen) atoms. The quantitative estimate of drug-likeness (QED) is 0.763. The predicted molar refractivity (Wildman–Crippen MR) is 107 cm³/mol. The average Bonchev–Trinajstić information content (AvgIpc) is 3.39. The third kappa shape index (κ3) is 4.45. The van der Waals surface area contributed by atoms with E-state index in [1.807, 2.05) is 41.0 Å². The van der Waals surface area contributed by atoms with Crippen molar-refractivity contribution < 1.29 is 19.1 Å². The standard InChI is InChI=1S/C22H29N3O4/c1-16-4-6-17(7-5-16)14-25-15-18(13-20(25)26)21(27)23-8-10-24(11-9-23)22(28)19-3-2-12-29-19/h4-7,18-19H,2-3,8-15H2,1H3/t18-,19-/m1/s1. The lowest BCUT2D eigenvalue weighted by molar-refractivity contribution is -0.147. The van der Waals surface area contributed by atoms with Crippen molar-refractivity contribution in [2.75, 3.05) is 39.3 Å². The molecule has 0 unspecified atom stereocenters. The van der Waals surface area contributed by atoms with Crippen molar-refractivity contribution in [3.63, 3.8) is 0 Å². The number of piperazine rings is 1. The van der Waals surface area contributed by atoms with Crippen LogP contribution in [0.5, 0.6) is 0 Å². The molecule has 7 nitrogen and oxygen atoms in total. The van der Waals surface area contributed by atoms with Crippen molar-refractivity contribution in [2.24, 2.45) is 5.92 Å². The highest BCUT2D eigenvalue weighted by molar-refractivity contribution is 5.89. The number of benzene rings is 1. The normalized spacial score (nSPS) is 25.0. The third-order valence-electron chi connectivity index (χ3n) is 6.17. The van der Waals surface area contributed by atoms with Crippen LogP contribution in [-0.2, 0) is 25.7 Å². The molecule has 1 aromatic carbocycles. The minimum absolute atomic E-state index is 0.0361. The van der Waals surface area contributed by atoms with E-state index in [4.69, 9.17) is 4.74 Å². The van der Waals surface area contributed by atoms with Gasteiger partial charge in [-0.25, -0.2) is 0 Å². The monoisotopic (exact) mass is 399 g/mol. The number of nitrogens with zero attached hydrogens (tertiary/aromatic N) is 3. The molecule has 0 bridgehead atoms. The van der Waals surface area contributed by atoms with Gasteiger partial charge in [0.15, 0.2) is 0 Å². The average molecular weight is 399 g/mol. The number of carbonyl (C=O) groups is 3. The highest BCUT2D eigenvalue weighted by Crippen LogP contribution is 2.23. The Balaban J connectivity index is 1.28. The largest absolute Gasteiger partial charge is 0.368 e. The zero-order chi connectivity index (χ0) is 20.4. The van der Waals surface area contributed by atoms with E-state index in [1.165, 1.54) is 5.56 Å². The second-order valence-electron chi connectivity index (χ2n) is 8.31. The lowest BCUT2D eigenvalue weighted by Crippen LogP contribution is -2.54. The first kappa shape index (κ1) is 19.9. The first-order valence-electron chi connectivity index (χ1n) is 10.5. The van der Waals surface area contributed by atoms with Gasteiger partial charge in [0, 0.05) is 52.3 Å². The molecule has 3 amide bonds. The van der Waals surface area contributed by atoms with Crippen LogP contribution in [0.4, 0.5) is 0 Å². The molecule has 3 aliphatic heterocycles. The number of hydrogen-bond acceptors (Lipinski definition) is 4. The summed E-state index contributed by atoms with van der Waals surface area (Å²) in [5, 5.41) is 0. The van der Waals surface area contributed by atoms with E-state index in [1.54, 1.807) is 4.90 Å². The van der Waals surface area contributed by atoms with Crippen molar-refractivity contribution in [1.82, 2.24) is 14.7 Å². The molecule has 0 aliphatic carbocycles. The predicted octanol–water partition coefficient (Wildman–Crippen LogP) is 1.19. The molecule has 4 rings (SSSR count). The van der Waals surface area contributed by atoms with Gasteiger partial charge >= 0.3 is 0 Å². The van der Waals surface area contributed by atoms with Crippen LogP contribution in [0.2, 0.25) is 0 Å². The zero-order valence-corrected chi connectivity index (χ0v) is 17.0. The fraction of sp³-hybridized carbons (Fsp3) is 0.591. The lowest BCUT2D eigenvalue weighted by atomic mass is 10.1.